The molecule has 0 unspecified atom stereocenters. The lowest BCUT2D eigenvalue weighted by molar-refractivity contribution is -0.00454. The van der Waals surface area contributed by atoms with Gasteiger partial charge in [-0.3, -0.25) is 9.69 Å². The first-order chi connectivity index (χ1) is 11.6. The van der Waals surface area contributed by atoms with E-state index in [4.69, 9.17) is 4.74 Å². The largest absolute Gasteiger partial charge is 0.494 e. The fraction of sp³-hybridized carbons (Fsp3) is 0.500. The number of hydrogen-bond acceptors (Lipinski definition) is 5. The maximum absolute atomic E-state index is 12.3. The van der Waals surface area contributed by atoms with Gasteiger partial charge in [0.25, 0.3) is 5.56 Å². The van der Waals surface area contributed by atoms with Gasteiger partial charge in [-0.1, -0.05) is 0 Å². The highest BCUT2D eigenvalue weighted by molar-refractivity contribution is 5.80. The molecule has 1 fully saturated rings. The van der Waals surface area contributed by atoms with Crippen molar-refractivity contribution in [3.63, 3.8) is 0 Å². The molecule has 1 saturated heterocycles. The van der Waals surface area contributed by atoms with Crippen LogP contribution in [0.2, 0.25) is 0 Å². The van der Waals surface area contributed by atoms with Crippen molar-refractivity contribution < 1.29 is 14.9 Å². The highest BCUT2D eigenvalue weighted by Gasteiger charge is 2.27. The van der Waals surface area contributed by atoms with Gasteiger partial charge in [0.1, 0.15) is 5.75 Å². The second-order valence-electron chi connectivity index (χ2n) is 6.34. The molecule has 2 atom stereocenters. The molecule has 3 rings (SSSR count). The predicted octanol–water partition coefficient (Wildman–Crippen LogP) is 1.10. The molecule has 6 heteroatoms. The van der Waals surface area contributed by atoms with Crippen LogP contribution in [-0.4, -0.2) is 52.5 Å². The lowest BCUT2D eigenvalue weighted by atomic mass is 9.94. The van der Waals surface area contributed by atoms with E-state index in [2.05, 4.69) is 9.88 Å². The third kappa shape index (κ3) is 3.61. The Kier molecular flexibility index (Phi) is 5.18. The van der Waals surface area contributed by atoms with Crippen LogP contribution in [0.1, 0.15) is 18.9 Å². The number of fused-ring (bicyclic) bond motifs is 1. The second-order valence-corrected chi connectivity index (χ2v) is 6.34. The first-order valence-electron chi connectivity index (χ1n) is 8.40. The molecule has 0 amide bonds. The van der Waals surface area contributed by atoms with E-state index in [9.17, 15) is 15.0 Å². The van der Waals surface area contributed by atoms with Crippen LogP contribution >= 0.6 is 0 Å². The van der Waals surface area contributed by atoms with Gasteiger partial charge in [0.05, 0.1) is 12.7 Å². The normalized spacial score (nSPS) is 22.0. The molecule has 24 heavy (non-hydrogen) atoms. The Labute approximate surface area is 140 Å². The zero-order chi connectivity index (χ0) is 17.1. The summed E-state index contributed by atoms with van der Waals surface area (Å²) in [6, 6.07) is 7.51. The highest BCUT2D eigenvalue weighted by Crippen LogP contribution is 2.21. The zero-order valence-electron chi connectivity index (χ0n) is 13.9. The summed E-state index contributed by atoms with van der Waals surface area (Å²) in [5.41, 5.74) is 1.35. The van der Waals surface area contributed by atoms with Crippen molar-refractivity contribution in [1.29, 1.82) is 0 Å². The Morgan fingerprint density at radius 2 is 2.21 bits per heavy atom. The average Bonchev–Trinajstić information content (AvgIpc) is 2.56. The Morgan fingerprint density at radius 3 is 2.92 bits per heavy atom. The summed E-state index contributed by atoms with van der Waals surface area (Å²) in [5.74, 6) is 0.715. The third-order valence-electron chi connectivity index (χ3n) is 4.64. The molecule has 1 aromatic carbocycles. The lowest BCUT2D eigenvalue weighted by Gasteiger charge is -2.34. The van der Waals surface area contributed by atoms with Gasteiger partial charge in [0, 0.05) is 42.1 Å². The first kappa shape index (κ1) is 17.0. The van der Waals surface area contributed by atoms with Gasteiger partial charge < -0.3 is 19.9 Å². The van der Waals surface area contributed by atoms with Gasteiger partial charge in [-0.25, -0.2) is 0 Å². The number of β-amino-alcohol motifs (C(OH)–C–C–N with tert-alkyl or cyclic N) is 1. The number of aliphatic hydroxyl groups excluding tert-OH is 2. The summed E-state index contributed by atoms with van der Waals surface area (Å²) >= 11 is 0. The molecule has 0 saturated carbocycles. The van der Waals surface area contributed by atoms with Crippen molar-refractivity contribution in [1.82, 2.24) is 9.88 Å². The lowest BCUT2D eigenvalue weighted by Crippen LogP contribution is -2.45. The van der Waals surface area contributed by atoms with Crippen LogP contribution in [0, 0.1) is 5.92 Å². The molecule has 1 aliphatic heterocycles. The van der Waals surface area contributed by atoms with Crippen LogP contribution in [0.5, 0.6) is 5.75 Å². The standard InChI is InChI=1S/C18H24N2O4/c1-2-24-15-3-4-16-13(8-15)7-14(18(23)19-16)9-20-6-5-12(11-21)17(22)10-20/h3-4,7-8,12,17,21-22H,2,5-6,9-11H2,1H3,(H,19,23)/t12-,17+/m1/s1. The van der Waals surface area contributed by atoms with E-state index < -0.39 is 6.10 Å². The van der Waals surface area contributed by atoms with Crippen molar-refractivity contribution in [3.05, 3.63) is 40.2 Å². The third-order valence-corrected chi connectivity index (χ3v) is 4.64. The minimum absolute atomic E-state index is 0.00572. The van der Waals surface area contributed by atoms with E-state index in [0.29, 0.717) is 25.3 Å². The van der Waals surface area contributed by atoms with Crippen LogP contribution in [0.25, 0.3) is 10.9 Å². The maximum Gasteiger partial charge on any atom is 0.252 e. The van der Waals surface area contributed by atoms with Gasteiger partial charge in [-0.05, 0) is 44.2 Å². The summed E-state index contributed by atoms with van der Waals surface area (Å²) in [6.07, 6.45) is 0.185. The predicted molar refractivity (Wildman–Crippen MR) is 92.2 cm³/mol. The number of aromatic amines is 1. The first-order valence-corrected chi connectivity index (χ1v) is 8.40. The molecule has 0 spiro atoms. The Hall–Kier alpha value is -1.89. The molecular weight excluding hydrogens is 308 g/mol. The van der Waals surface area contributed by atoms with Crippen molar-refractivity contribution in [2.45, 2.75) is 26.0 Å². The second kappa shape index (κ2) is 7.34. The van der Waals surface area contributed by atoms with Crippen LogP contribution in [0.3, 0.4) is 0 Å². The monoisotopic (exact) mass is 332 g/mol. The molecule has 0 radical (unpaired) electrons. The Balaban J connectivity index is 1.81. The summed E-state index contributed by atoms with van der Waals surface area (Å²) in [5, 5.41) is 20.2. The van der Waals surface area contributed by atoms with Crippen LogP contribution in [0.4, 0.5) is 0 Å². The maximum atomic E-state index is 12.3. The molecule has 130 valence electrons. The minimum Gasteiger partial charge on any atom is -0.494 e. The molecule has 2 aromatic rings. The Morgan fingerprint density at radius 1 is 1.38 bits per heavy atom. The van der Waals surface area contributed by atoms with Gasteiger partial charge in [0.15, 0.2) is 0 Å². The van der Waals surface area contributed by atoms with Gasteiger partial charge >= 0.3 is 0 Å². The summed E-state index contributed by atoms with van der Waals surface area (Å²) in [4.78, 5) is 17.3. The SMILES string of the molecule is CCOc1ccc2[nH]c(=O)c(CN3CC[C@H](CO)[C@@H](O)C3)cc2c1. The van der Waals surface area contributed by atoms with Gasteiger partial charge in [-0.2, -0.15) is 0 Å². The number of likely N-dealkylation sites (tertiary alicyclic amines) is 1. The van der Waals surface area contributed by atoms with E-state index >= 15 is 0 Å². The van der Waals surface area contributed by atoms with Crippen LogP contribution < -0.4 is 10.3 Å². The minimum atomic E-state index is -0.548. The van der Waals surface area contributed by atoms with Crippen LogP contribution in [-0.2, 0) is 6.54 Å². The summed E-state index contributed by atoms with van der Waals surface area (Å²) < 4.78 is 5.51. The number of H-pyrrole nitrogens is 1. The van der Waals surface area contributed by atoms with E-state index in [1.165, 1.54) is 0 Å². The quantitative estimate of drug-likeness (QED) is 0.763. The fourth-order valence-corrected chi connectivity index (χ4v) is 3.25. The van der Waals surface area contributed by atoms with E-state index in [0.717, 1.165) is 29.6 Å². The number of nitrogens with one attached hydrogen (secondary N) is 1. The summed E-state index contributed by atoms with van der Waals surface area (Å²) in [6.45, 7) is 4.26. The van der Waals surface area contributed by atoms with E-state index in [1.54, 1.807) is 0 Å². The molecule has 2 heterocycles. The molecule has 1 aromatic heterocycles. The number of nitrogens with zero attached hydrogens (tertiary/aromatic N) is 1. The number of aromatic nitrogens is 1. The van der Waals surface area contributed by atoms with Gasteiger partial charge in [-0.15, -0.1) is 0 Å². The topological polar surface area (TPSA) is 85.8 Å². The molecule has 6 nitrogen and oxygen atoms in total. The summed E-state index contributed by atoms with van der Waals surface area (Å²) in [7, 11) is 0. The molecule has 1 aliphatic rings. The van der Waals surface area contributed by atoms with Crippen molar-refractivity contribution >= 4 is 10.9 Å². The number of piperidine rings is 1. The number of aliphatic hydroxyl groups is 2. The number of ether oxygens (including phenoxy) is 1. The molecule has 0 aliphatic carbocycles. The molecule has 3 N–H and O–H groups in total. The molecular formula is C18H24N2O4. The molecule has 0 bridgehead atoms. The van der Waals surface area contributed by atoms with E-state index in [1.807, 2.05) is 31.2 Å². The average molecular weight is 332 g/mol. The van der Waals surface area contributed by atoms with E-state index in [-0.39, 0.29) is 18.1 Å². The smallest absolute Gasteiger partial charge is 0.252 e. The highest BCUT2D eigenvalue weighted by atomic mass is 16.5. The number of pyridine rings is 1. The fourth-order valence-electron chi connectivity index (χ4n) is 3.25. The zero-order valence-corrected chi connectivity index (χ0v) is 13.9. The van der Waals surface area contributed by atoms with Crippen molar-refractivity contribution in [2.24, 2.45) is 5.92 Å². The van der Waals surface area contributed by atoms with Crippen LogP contribution in [0.15, 0.2) is 29.1 Å². The number of benzene rings is 1. The van der Waals surface area contributed by atoms with Crippen molar-refractivity contribution in [3.8, 4) is 5.75 Å². The number of hydrogen-bond donors (Lipinski definition) is 3. The van der Waals surface area contributed by atoms with Crippen molar-refractivity contribution in [2.75, 3.05) is 26.3 Å². The number of rotatable bonds is 5. The Bertz CT molecular complexity index is 758. The van der Waals surface area contributed by atoms with Gasteiger partial charge in [0.2, 0.25) is 0 Å².